The molecule has 2 aliphatic rings. The number of carbonyl (C=O) groups excluding carboxylic acids is 5. The van der Waals surface area contributed by atoms with Gasteiger partial charge in [-0.25, -0.2) is 4.79 Å². The van der Waals surface area contributed by atoms with Gasteiger partial charge in [0.1, 0.15) is 12.1 Å². The lowest BCUT2D eigenvalue weighted by Crippen LogP contribution is -2.61. The molecule has 1 fully saturated rings. The fraction of sp³-hybridized carbons (Fsp3) is 0.708. The molecule has 1 saturated carbocycles. The number of primary amides is 1. The Morgan fingerprint density at radius 2 is 1.65 bits per heavy atom. The van der Waals surface area contributed by atoms with E-state index in [1.807, 2.05) is 41.5 Å². The molecular formula is C24H39N5O5. The third kappa shape index (κ3) is 7.30. The van der Waals surface area contributed by atoms with E-state index in [9.17, 15) is 24.0 Å². The normalized spacial score (nSPS) is 20.2. The van der Waals surface area contributed by atoms with Gasteiger partial charge in [0.05, 0.1) is 6.04 Å². The molecule has 10 heteroatoms. The smallest absolute Gasteiger partial charge is 0.315 e. The number of urea groups is 1. The maximum Gasteiger partial charge on any atom is 0.315 e. The summed E-state index contributed by atoms with van der Waals surface area (Å²) in [4.78, 5) is 64.3. The summed E-state index contributed by atoms with van der Waals surface area (Å²) in [5, 5.41) is 8.17. The molecular weight excluding hydrogens is 438 g/mol. The zero-order chi connectivity index (χ0) is 25.8. The van der Waals surface area contributed by atoms with Gasteiger partial charge in [-0.05, 0) is 38.5 Å². The van der Waals surface area contributed by atoms with Gasteiger partial charge in [-0.1, -0.05) is 52.2 Å². The highest BCUT2D eigenvalue weighted by Crippen LogP contribution is 2.31. The summed E-state index contributed by atoms with van der Waals surface area (Å²) in [5.74, 6) is -2.66. The number of rotatable bonds is 8. The summed E-state index contributed by atoms with van der Waals surface area (Å²) >= 11 is 0. The Morgan fingerprint density at radius 1 is 1.03 bits per heavy atom. The fourth-order valence-electron chi connectivity index (χ4n) is 4.02. The van der Waals surface area contributed by atoms with Gasteiger partial charge in [-0.2, -0.15) is 0 Å². The summed E-state index contributed by atoms with van der Waals surface area (Å²) in [6.07, 6.45) is 6.53. The number of nitrogens with zero attached hydrogens (tertiary/aromatic N) is 1. The number of hydrogen-bond acceptors (Lipinski definition) is 5. The van der Waals surface area contributed by atoms with Crippen molar-refractivity contribution < 1.29 is 24.0 Å². The monoisotopic (exact) mass is 477 g/mol. The van der Waals surface area contributed by atoms with Crippen LogP contribution in [0.25, 0.3) is 0 Å². The SMILES string of the molecule is CC(C)(C)NC(=O)N[C@H](C(=O)N1CC=CC1C(=O)NC(CC1CCC1)C(=O)C(N)=O)C(C)(C)C. The Balaban J connectivity index is 2.16. The topological polar surface area (TPSA) is 151 Å². The van der Waals surface area contributed by atoms with Crippen molar-refractivity contribution in [2.75, 3.05) is 6.54 Å². The Bertz CT molecular complexity index is 851. The predicted molar refractivity (Wildman–Crippen MR) is 127 cm³/mol. The summed E-state index contributed by atoms with van der Waals surface area (Å²) < 4.78 is 0. The Hall–Kier alpha value is -2.91. The highest BCUT2D eigenvalue weighted by Gasteiger charge is 2.41. The first-order valence-corrected chi connectivity index (χ1v) is 11.8. The Morgan fingerprint density at radius 3 is 2.12 bits per heavy atom. The van der Waals surface area contributed by atoms with Gasteiger partial charge in [0.15, 0.2) is 0 Å². The molecule has 0 bridgehead atoms. The lowest BCUT2D eigenvalue weighted by atomic mass is 9.80. The minimum atomic E-state index is -1.10. The molecule has 0 aromatic carbocycles. The quantitative estimate of drug-likeness (QED) is 0.304. The van der Waals surface area contributed by atoms with Gasteiger partial charge in [0.25, 0.3) is 5.91 Å². The van der Waals surface area contributed by atoms with Gasteiger partial charge in [0.2, 0.25) is 17.6 Å². The van der Waals surface area contributed by atoms with E-state index in [4.69, 9.17) is 5.73 Å². The molecule has 0 saturated heterocycles. The fourth-order valence-corrected chi connectivity index (χ4v) is 4.02. The maximum absolute atomic E-state index is 13.5. The summed E-state index contributed by atoms with van der Waals surface area (Å²) in [7, 11) is 0. The summed E-state index contributed by atoms with van der Waals surface area (Å²) in [5.41, 5.74) is 4.07. The van der Waals surface area contributed by atoms with Crippen LogP contribution in [0.4, 0.5) is 4.79 Å². The Labute approximate surface area is 201 Å². The molecule has 10 nitrogen and oxygen atoms in total. The van der Waals surface area contributed by atoms with Crippen LogP contribution in [-0.4, -0.2) is 64.6 Å². The second kappa shape index (κ2) is 10.6. The third-order valence-corrected chi connectivity index (χ3v) is 6.05. The number of nitrogens with one attached hydrogen (secondary N) is 3. The highest BCUT2D eigenvalue weighted by molar-refractivity contribution is 6.37. The lowest BCUT2D eigenvalue weighted by Gasteiger charge is -2.36. The van der Waals surface area contributed by atoms with E-state index in [1.165, 1.54) is 4.90 Å². The molecule has 3 atom stereocenters. The van der Waals surface area contributed by atoms with Crippen LogP contribution in [0, 0.1) is 11.3 Å². The molecule has 5 amide bonds. The molecule has 0 aromatic rings. The van der Waals surface area contributed by atoms with Crippen molar-refractivity contribution in [1.29, 1.82) is 0 Å². The standard InChI is InChI=1S/C24H39N5O5/c1-23(2,3)18(27-22(34)28-24(4,5)6)21(33)29-12-8-11-16(29)20(32)26-15(17(30)19(25)31)13-14-9-7-10-14/h8,11,14-16,18H,7,9-10,12-13H2,1-6H3,(H2,25,31)(H,26,32)(H2,27,28,34)/t15?,16?,18-/m1/s1. The van der Waals surface area contributed by atoms with E-state index in [-0.39, 0.29) is 12.5 Å². The van der Waals surface area contributed by atoms with E-state index in [1.54, 1.807) is 12.2 Å². The highest BCUT2D eigenvalue weighted by atomic mass is 16.2. The first-order chi connectivity index (χ1) is 15.6. The molecule has 0 aromatic heterocycles. The van der Waals surface area contributed by atoms with Crippen LogP contribution in [0.15, 0.2) is 12.2 Å². The largest absolute Gasteiger partial charge is 0.363 e. The van der Waals surface area contributed by atoms with Crippen LogP contribution in [0.5, 0.6) is 0 Å². The van der Waals surface area contributed by atoms with Crippen molar-refractivity contribution >= 4 is 29.5 Å². The van der Waals surface area contributed by atoms with E-state index in [2.05, 4.69) is 16.0 Å². The molecule has 0 spiro atoms. The lowest BCUT2D eigenvalue weighted by molar-refractivity contribution is -0.142. The summed E-state index contributed by atoms with van der Waals surface area (Å²) in [6, 6.07) is -3.37. The van der Waals surface area contributed by atoms with Crippen LogP contribution < -0.4 is 21.7 Å². The zero-order valence-electron chi connectivity index (χ0n) is 21.1. The van der Waals surface area contributed by atoms with Crippen molar-refractivity contribution in [2.24, 2.45) is 17.1 Å². The molecule has 34 heavy (non-hydrogen) atoms. The van der Waals surface area contributed by atoms with Crippen molar-refractivity contribution in [2.45, 2.75) is 90.9 Å². The van der Waals surface area contributed by atoms with Crippen LogP contribution in [-0.2, 0) is 19.2 Å². The minimum absolute atomic E-state index is 0.184. The van der Waals surface area contributed by atoms with E-state index in [0.717, 1.165) is 19.3 Å². The van der Waals surface area contributed by atoms with Crippen LogP contribution >= 0.6 is 0 Å². The van der Waals surface area contributed by atoms with Gasteiger partial charge in [0, 0.05) is 12.1 Å². The molecule has 2 unspecified atom stereocenters. The number of ketones is 1. The second-order valence-corrected chi connectivity index (χ2v) is 11.3. The van der Waals surface area contributed by atoms with E-state index < -0.39 is 58.6 Å². The third-order valence-electron chi connectivity index (χ3n) is 6.05. The van der Waals surface area contributed by atoms with Crippen LogP contribution in [0.1, 0.15) is 67.2 Å². The minimum Gasteiger partial charge on any atom is -0.363 e. The molecule has 2 rings (SSSR count). The molecule has 1 aliphatic carbocycles. The molecule has 0 radical (unpaired) electrons. The van der Waals surface area contributed by atoms with Gasteiger partial charge in [-0.3, -0.25) is 19.2 Å². The number of amides is 5. The van der Waals surface area contributed by atoms with Crippen molar-refractivity contribution in [3.63, 3.8) is 0 Å². The zero-order valence-corrected chi connectivity index (χ0v) is 21.1. The molecule has 1 aliphatic heterocycles. The van der Waals surface area contributed by atoms with E-state index >= 15 is 0 Å². The average Bonchev–Trinajstić information content (AvgIpc) is 3.14. The van der Waals surface area contributed by atoms with Crippen LogP contribution in [0.2, 0.25) is 0 Å². The predicted octanol–water partition coefficient (Wildman–Crippen LogP) is 0.995. The van der Waals surface area contributed by atoms with Gasteiger partial charge >= 0.3 is 6.03 Å². The summed E-state index contributed by atoms with van der Waals surface area (Å²) in [6.45, 7) is 11.2. The number of hydrogen-bond donors (Lipinski definition) is 4. The number of carbonyl (C=O) groups is 5. The number of nitrogens with two attached hydrogens (primary N) is 1. The van der Waals surface area contributed by atoms with Gasteiger partial charge < -0.3 is 26.6 Å². The molecule has 190 valence electrons. The van der Waals surface area contributed by atoms with Crippen molar-refractivity contribution in [3.8, 4) is 0 Å². The second-order valence-electron chi connectivity index (χ2n) is 11.3. The molecule has 1 heterocycles. The van der Waals surface area contributed by atoms with Crippen molar-refractivity contribution in [1.82, 2.24) is 20.9 Å². The first-order valence-electron chi connectivity index (χ1n) is 11.8. The Kier molecular flexibility index (Phi) is 8.50. The number of Topliss-reactive ketones (excluding diaryl/α,β-unsaturated/α-hetero) is 1. The first kappa shape index (κ1) is 27.3. The van der Waals surface area contributed by atoms with E-state index in [0.29, 0.717) is 6.42 Å². The van der Waals surface area contributed by atoms with Crippen LogP contribution in [0.3, 0.4) is 0 Å². The average molecular weight is 478 g/mol. The maximum atomic E-state index is 13.5. The van der Waals surface area contributed by atoms with Crippen molar-refractivity contribution in [3.05, 3.63) is 12.2 Å². The van der Waals surface area contributed by atoms with Gasteiger partial charge in [-0.15, -0.1) is 0 Å². The molecule has 5 N–H and O–H groups in total.